The minimum atomic E-state index is -3.92. The van der Waals surface area contributed by atoms with Gasteiger partial charge in [-0.15, -0.1) is 0 Å². The van der Waals surface area contributed by atoms with E-state index in [1.165, 1.54) is 48.5 Å². The lowest BCUT2D eigenvalue weighted by Crippen LogP contribution is -2.47. The maximum Gasteiger partial charge on any atom is 0.338 e. The molecule has 2 aromatic carbocycles. The number of benzene rings is 2. The minimum absolute atomic E-state index is 0.0197. The molecular weight excluding hydrogens is 435 g/mol. The van der Waals surface area contributed by atoms with E-state index in [-0.39, 0.29) is 22.8 Å². The van der Waals surface area contributed by atoms with Crippen LogP contribution >= 0.6 is 11.6 Å². The van der Waals surface area contributed by atoms with Crippen LogP contribution in [0.1, 0.15) is 18.5 Å². The second kappa shape index (κ2) is 8.85. The van der Waals surface area contributed by atoms with Crippen LogP contribution in [0, 0.1) is 5.82 Å². The van der Waals surface area contributed by atoms with Crippen molar-refractivity contribution in [1.29, 1.82) is 0 Å². The summed E-state index contributed by atoms with van der Waals surface area (Å²) in [7, 11) is -3.92. The van der Waals surface area contributed by atoms with Crippen LogP contribution in [0.4, 0.5) is 9.18 Å². The number of rotatable bonds is 6. The molecule has 1 aliphatic heterocycles. The molecule has 0 unspecified atom stereocenters. The lowest BCUT2D eigenvalue weighted by Gasteiger charge is -2.29. The van der Waals surface area contributed by atoms with Crippen LogP contribution < -0.4 is 10.6 Å². The molecule has 0 radical (unpaired) electrons. The van der Waals surface area contributed by atoms with Gasteiger partial charge in [0.2, 0.25) is 0 Å². The van der Waals surface area contributed by atoms with Crippen molar-refractivity contribution in [1.82, 2.24) is 10.6 Å². The van der Waals surface area contributed by atoms with Gasteiger partial charge in [0.15, 0.2) is 9.84 Å². The van der Waals surface area contributed by atoms with E-state index in [4.69, 9.17) is 16.3 Å². The number of esters is 1. The van der Waals surface area contributed by atoms with Crippen molar-refractivity contribution in [3.8, 4) is 0 Å². The Morgan fingerprint density at radius 3 is 2.37 bits per heavy atom. The summed E-state index contributed by atoms with van der Waals surface area (Å²) in [6.07, 6.45) is 0. The fraction of sp³-hybridized carbons (Fsp3) is 0.200. The summed E-state index contributed by atoms with van der Waals surface area (Å²) in [5, 5.41) is 5.33. The highest BCUT2D eigenvalue weighted by molar-refractivity contribution is 7.91. The third-order valence-electron chi connectivity index (χ3n) is 4.36. The number of carbonyl (C=O) groups is 2. The zero-order chi connectivity index (χ0) is 21.9. The van der Waals surface area contributed by atoms with Crippen LogP contribution in [-0.4, -0.2) is 32.8 Å². The van der Waals surface area contributed by atoms with Gasteiger partial charge in [0.25, 0.3) is 0 Å². The topological polar surface area (TPSA) is 102 Å². The van der Waals surface area contributed by atoms with Gasteiger partial charge in [-0.25, -0.2) is 22.4 Å². The lowest BCUT2D eigenvalue weighted by atomic mass is 9.95. The number of urea groups is 1. The Labute approximate surface area is 177 Å². The molecule has 30 heavy (non-hydrogen) atoms. The summed E-state index contributed by atoms with van der Waals surface area (Å²) >= 11 is 5.81. The van der Waals surface area contributed by atoms with E-state index < -0.39 is 39.4 Å². The van der Waals surface area contributed by atoms with Crippen molar-refractivity contribution in [2.75, 3.05) is 12.4 Å². The number of nitrogens with one attached hydrogen (secondary N) is 2. The Morgan fingerprint density at radius 1 is 1.13 bits per heavy atom. The first-order valence-corrected chi connectivity index (χ1v) is 11.0. The molecule has 1 heterocycles. The van der Waals surface area contributed by atoms with Gasteiger partial charge in [0.05, 0.1) is 28.9 Å². The maximum atomic E-state index is 13.3. The Balaban J connectivity index is 2.08. The first-order chi connectivity index (χ1) is 14.2. The summed E-state index contributed by atoms with van der Waals surface area (Å²) < 4.78 is 44.2. The van der Waals surface area contributed by atoms with Gasteiger partial charge in [-0.05, 0) is 48.9 Å². The molecule has 0 aromatic heterocycles. The molecule has 0 saturated carbocycles. The molecule has 7 nitrogen and oxygen atoms in total. The Morgan fingerprint density at radius 2 is 1.77 bits per heavy atom. The summed E-state index contributed by atoms with van der Waals surface area (Å²) in [5.74, 6) is -1.93. The number of ether oxygens (including phenoxy) is 1. The van der Waals surface area contributed by atoms with E-state index in [0.717, 1.165) is 0 Å². The van der Waals surface area contributed by atoms with Gasteiger partial charge >= 0.3 is 12.0 Å². The molecule has 10 heteroatoms. The highest BCUT2D eigenvalue weighted by Gasteiger charge is 2.35. The maximum absolute atomic E-state index is 13.3. The SMILES string of the molecule is CCOC(=O)C1=C(CS(=O)(=O)c2ccc(Cl)cc2)NC(=O)N[C@@H]1c1ccc(F)cc1. The van der Waals surface area contributed by atoms with Crippen molar-refractivity contribution >= 4 is 33.4 Å². The highest BCUT2D eigenvalue weighted by atomic mass is 35.5. The quantitative estimate of drug-likeness (QED) is 0.656. The van der Waals surface area contributed by atoms with Gasteiger partial charge in [0.1, 0.15) is 5.82 Å². The first kappa shape index (κ1) is 21.8. The van der Waals surface area contributed by atoms with Crippen LogP contribution in [-0.2, 0) is 19.4 Å². The van der Waals surface area contributed by atoms with Crippen LogP contribution in [0.15, 0.2) is 64.7 Å². The lowest BCUT2D eigenvalue weighted by molar-refractivity contribution is -0.139. The van der Waals surface area contributed by atoms with Crippen molar-refractivity contribution in [3.63, 3.8) is 0 Å². The Bertz CT molecular complexity index is 1100. The fourth-order valence-electron chi connectivity index (χ4n) is 3.00. The number of hydrogen-bond donors (Lipinski definition) is 2. The third kappa shape index (κ3) is 4.80. The molecule has 0 fully saturated rings. The molecule has 2 aromatic rings. The molecule has 0 spiro atoms. The van der Waals surface area contributed by atoms with Gasteiger partial charge in [-0.2, -0.15) is 0 Å². The summed E-state index contributed by atoms with van der Waals surface area (Å²) in [6.45, 7) is 1.65. The van der Waals surface area contributed by atoms with E-state index in [1.807, 2.05) is 0 Å². The fourth-order valence-corrected chi connectivity index (χ4v) is 4.45. The normalized spacial score (nSPS) is 16.6. The van der Waals surface area contributed by atoms with Crippen molar-refractivity contribution in [2.45, 2.75) is 17.9 Å². The Hall–Kier alpha value is -2.91. The summed E-state index contributed by atoms with van der Waals surface area (Å²) in [4.78, 5) is 24.9. The number of amides is 2. The predicted octanol–water partition coefficient (Wildman–Crippen LogP) is 3.12. The standard InChI is InChI=1S/C20H18ClFN2O5S/c1-2-29-19(25)17-16(11-30(27,28)15-9-5-13(21)6-10-15)23-20(26)24-18(17)12-3-7-14(22)8-4-12/h3-10,18H,2,11H2,1H3,(H2,23,24,26)/t18-/m1/s1. The zero-order valence-corrected chi connectivity index (χ0v) is 17.4. The molecule has 2 amide bonds. The summed E-state index contributed by atoms with van der Waals surface area (Å²) in [6, 6.07) is 8.98. The van der Waals surface area contributed by atoms with E-state index >= 15 is 0 Å². The molecule has 3 rings (SSSR count). The molecule has 0 bridgehead atoms. The number of hydrogen-bond acceptors (Lipinski definition) is 5. The van der Waals surface area contributed by atoms with Crippen LogP contribution in [0.5, 0.6) is 0 Å². The predicted molar refractivity (Wildman–Crippen MR) is 108 cm³/mol. The summed E-state index contributed by atoms with van der Waals surface area (Å²) in [5.41, 5.74) is 0.220. The molecule has 1 aliphatic rings. The monoisotopic (exact) mass is 452 g/mol. The zero-order valence-electron chi connectivity index (χ0n) is 15.8. The van der Waals surface area contributed by atoms with Crippen molar-refractivity contribution in [2.24, 2.45) is 0 Å². The third-order valence-corrected chi connectivity index (χ3v) is 6.27. The second-order valence-corrected chi connectivity index (χ2v) is 8.83. The van der Waals surface area contributed by atoms with Crippen molar-refractivity contribution in [3.05, 3.63) is 76.2 Å². The van der Waals surface area contributed by atoms with E-state index in [1.54, 1.807) is 6.92 Å². The van der Waals surface area contributed by atoms with Gasteiger partial charge in [0, 0.05) is 10.7 Å². The molecule has 0 saturated heterocycles. The van der Waals surface area contributed by atoms with Crippen LogP contribution in [0.25, 0.3) is 0 Å². The largest absolute Gasteiger partial charge is 0.463 e. The molecule has 1 atom stereocenters. The molecule has 0 aliphatic carbocycles. The van der Waals surface area contributed by atoms with Gasteiger partial charge in [-0.1, -0.05) is 23.7 Å². The molecular formula is C20H18ClFN2O5S. The van der Waals surface area contributed by atoms with E-state index in [9.17, 15) is 22.4 Å². The van der Waals surface area contributed by atoms with Crippen molar-refractivity contribution < 1.29 is 27.1 Å². The molecule has 2 N–H and O–H groups in total. The molecule has 158 valence electrons. The van der Waals surface area contributed by atoms with Gasteiger partial charge < -0.3 is 15.4 Å². The number of halogens is 2. The number of carbonyl (C=O) groups excluding carboxylic acids is 2. The van der Waals surface area contributed by atoms with E-state index in [0.29, 0.717) is 10.6 Å². The van der Waals surface area contributed by atoms with Crippen LogP contribution in [0.3, 0.4) is 0 Å². The number of sulfone groups is 1. The second-order valence-electron chi connectivity index (χ2n) is 6.41. The Kier molecular flexibility index (Phi) is 6.42. The highest BCUT2D eigenvalue weighted by Crippen LogP contribution is 2.29. The average Bonchev–Trinajstić information content (AvgIpc) is 2.68. The van der Waals surface area contributed by atoms with E-state index in [2.05, 4.69) is 10.6 Å². The first-order valence-electron chi connectivity index (χ1n) is 8.92. The van der Waals surface area contributed by atoms with Crippen LogP contribution in [0.2, 0.25) is 5.02 Å². The smallest absolute Gasteiger partial charge is 0.338 e. The average molecular weight is 453 g/mol. The van der Waals surface area contributed by atoms with Gasteiger partial charge in [-0.3, -0.25) is 0 Å². The minimum Gasteiger partial charge on any atom is -0.463 e.